The molecule has 0 atom stereocenters. The normalized spacial score (nSPS) is 11.6. The highest BCUT2D eigenvalue weighted by Crippen LogP contribution is 2.29. The van der Waals surface area contributed by atoms with Gasteiger partial charge >= 0.3 is 6.18 Å². The van der Waals surface area contributed by atoms with Gasteiger partial charge in [0.05, 0.1) is 21.8 Å². The summed E-state index contributed by atoms with van der Waals surface area (Å²) in [5, 5.41) is 16.6. The topological polar surface area (TPSA) is 73.8 Å². The molecule has 100 valence electrons. The second kappa shape index (κ2) is 4.50. The number of benzene rings is 1. The van der Waals surface area contributed by atoms with Gasteiger partial charge in [-0.2, -0.15) is 13.2 Å². The number of hydrogen-bond acceptors (Lipinski definition) is 4. The molecule has 0 bridgehead atoms. The molecule has 0 unspecified atom stereocenters. The minimum Gasteiger partial charge on any atom is -0.258 e. The molecular formula is C9H4ClF3N4O2. The molecule has 1 aromatic carbocycles. The maximum Gasteiger partial charge on any atom is 0.436 e. The highest BCUT2D eigenvalue weighted by Gasteiger charge is 2.34. The Balaban J connectivity index is 2.43. The van der Waals surface area contributed by atoms with E-state index in [1.165, 1.54) is 6.07 Å². The number of nitro benzene ring substituents is 1. The Bertz CT molecular complexity index is 641. The highest BCUT2D eigenvalue weighted by molar-refractivity contribution is 6.32. The Hall–Kier alpha value is -2.16. The van der Waals surface area contributed by atoms with E-state index in [-0.39, 0.29) is 16.4 Å². The molecule has 0 aliphatic heterocycles. The number of halogens is 4. The van der Waals surface area contributed by atoms with Gasteiger partial charge in [0.15, 0.2) is 5.69 Å². The summed E-state index contributed by atoms with van der Waals surface area (Å²) in [5.41, 5.74) is -1.39. The van der Waals surface area contributed by atoms with Crippen LogP contribution in [0.3, 0.4) is 0 Å². The van der Waals surface area contributed by atoms with E-state index in [0.717, 1.165) is 16.8 Å². The van der Waals surface area contributed by atoms with Crippen LogP contribution in [0, 0.1) is 10.1 Å². The van der Waals surface area contributed by atoms with Gasteiger partial charge in [0, 0.05) is 12.1 Å². The summed E-state index contributed by atoms with van der Waals surface area (Å²) in [4.78, 5) is 9.83. The Labute approximate surface area is 108 Å². The summed E-state index contributed by atoms with van der Waals surface area (Å²) in [5.74, 6) is 0. The first-order chi connectivity index (χ1) is 8.79. The molecule has 0 fully saturated rings. The first-order valence-electron chi connectivity index (χ1n) is 4.73. The fraction of sp³-hybridized carbons (Fsp3) is 0.111. The molecule has 0 saturated heterocycles. The molecule has 0 aliphatic rings. The molecule has 6 nitrogen and oxygen atoms in total. The van der Waals surface area contributed by atoms with Gasteiger partial charge in [0.25, 0.3) is 5.69 Å². The van der Waals surface area contributed by atoms with Crippen LogP contribution in [0.15, 0.2) is 24.4 Å². The van der Waals surface area contributed by atoms with Crippen LogP contribution in [0.1, 0.15) is 5.69 Å². The number of nitro groups is 1. The van der Waals surface area contributed by atoms with E-state index in [4.69, 9.17) is 11.6 Å². The van der Waals surface area contributed by atoms with Gasteiger partial charge in [-0.1, -0.05) is 16.8 Å². The fourth-order valence-corrected chi connectivity index (χ4v) is 1.57. The third-order valence-electron chi connectivity index (χ3n) is 2.17. The molecule has 2 rings (SSSR count). The third kappa shape index (κ3) is 2.65. The lowest BCUT2D eigenvalue weighted by molar-refractivity contribution is -0.384. The molecule has 2 aromatic rings. The van der Waals surface area contributed by atoms with Crippen LogP contribution >= 0.6 is 11.6 Å². The van der Waals surface area contributed by atoms with Crippen LogP contribution in [-0.4, -0.2) is 19.9 Å². The summed E-state index contributed by atoms with van der Waals surface area (Å²) in [6, 6.07) is 3.32. The summed E-state index contributed by atoms with van der Waals surface area (Å²) in [6.07, 6.45) is -3.97. The van der Waals surface area contributed by atoms with Crippen molar-refractivity contribution >= 4 is 17.3 Å². The van der Waals surface area contributed by atoms with E-state index < -0.39 is 16.8 Å². The zero-order valence-corrected chi connectivity index (χ0v) is 9.68. The molecule has 0 aliphatic carbocycles. The predicted octanol–water partition coefficient (Wildman–Crippen LogP) is 2.85. The van der Waals surface area contributed by atoms with Gasteiger partial charge < -0.3 is 0 Å². The van der Waals surface area contributed by atoms with Gasteiger partial charge in [-0.3, -0.25) is 10.1 Å². The molecule has 0 radical (unpaired) electrons. The van der Waals surface area contributed by atoms with Crippen LogP contribution in [0.25, 0.3) is 5.69 Å². The number of nitrogens with zero attached hydrogens (tertiary/aromatic N) is 4. The fourth-order valence-electron chi connectivity index (χ4n) is 1.31. The molecule has 0 N–H and O–H groups in total. The summed E-state index contributed by atoms with van der Waals surface area (Å²) >= 11 is 5.76. The van der Waals surface area contributed by atoms with Gasteiger partial charge in [-0.05, 0) is 6.07 Å². The zero-order valence-electron chi connectivity index (χ0n) is 8.93. The number of aromatic nitrogens is 3. The molecule has 1 aromatic heterocycles. The summed E-state index contributed by atoms with van der Waals surface area (Å²) in [6.45, 7) is 0. The van der Waals surface area contributed by atoms with Crippen molar-refractivity contribution in [1.82, 2.24) is 15.0 Å². The highest BCUT2D eigenvalue weighted by atomic mass is 35.5. The monoisotopic (exact) mass is 292 g/mol. The molecule has 0 saturated carbocycles. The second-order valence-electron chi connectivity index (χ2n) is 3.44. The first-order valence-corrected chi connectivity index (χ1v) is 5.10. The Morgan fingerprint density at radius 2 is 2.05 bits per heavy atom. The maximum absolute atomic E-state index is 12.3. The Kier molecular flexibility index (Phi) is 3.14. The molecular weight excluding hydrogens is 289 g/mol. The predicted molar refractivity (Wildman–Crippen MR) is 58.0 cm³/mol. The van der Waals surface area contributed by atoms with Crippen LogP contribution in [0.4, 0.5) is 18.9 Å². The van der Waals surface area contributed by atoms with Crippen LogP contribution in [0.2, 0.25) is 5.02 Å². The van der Waals surface area contributed by atoms with Crippen LogP contribution < -0.4 is 0 Å². The average molecular weight is 293 g/mol. The molecule has 0 spiro atoms. The number of rotatable bonds is 2. The average Bonchev–Trinajstić information content (AvgIpc) is 2.77. The van der Waals surface area contributed by atoms with Crippen molar-refractivity contribution in [3.8, 4) is 5.69 Å². The van der Waals surface area contributed by atoms with Gasteiger partial charge in [-0.25, -0.2) is 4.68 Å². The molecule has 1 heterocycles. The maximum atomic E-state index is 12.3. The summed E-state index contributed by atoms with van der Waals surface area (Å²) < 4.78 is 37.8. The van der Waals surface area contributed by atoms with Crippen LogP contribution in [-0.2, 0) is 6.18 Å². The van der Waals surface area contributed by atoms with E-state index in [1.54, 1.807) is 0 Å². The van der Waals surface area contributed by atoms with Gasteiger partial charge in [0.2, 0.25) is 0 Å². The van der Waals surface area contributed by atoms with E-state index in [1.807, 2.05) is 0 Å². The van der Waals surface area contributed by atoms with E-state index in [0.29, 0.717) is 6.20 Å². The number of hydrogen-bond donors (Lipinski definition) is 0. The smallest absolute Gasteiger partial charge is 0.258 e. The van der Waals surface area contributed by atoms with Crippen molar-refractivity contribution in [2.45, 2.75) is 6.18 Å². The lowest BCUT2D eigenvalue weighted by atomic mass is 10.3. The largest absolute Gasteiger partial charge is 0.436 e. The third-order valence-corrected chi connectivity index (χ3v) is 2.48. The number of non-ortho nitro benzene ring substituents is 1. The molecule has 0 amide bonds. The minimum absolute atomic E-state index is 0.0651. The van der Waals surface area contributed by atoms with Crippen molar-refractivity contribution in [2.75, 3.05) is 0 Å². The lowest BCUT2D eigenvalue weighted by Gasteiger charge is -2.03. The van der Waals surface area contributed by atoms with E-state index in [9.17, 15) is 23.3 Å². The van der Waals surface area contributed by atoms with Crippen molar-refractivity contribution in [3.63, 3.8) is 0 Å². The SMILES string of the molecule is O=[N+]([O-])c1ccc(-n2cc(C(F)(F)F)nn2)c(Cl)c1. The Morgan fingerprint density at radius 1 is 1.37 bits per heavy atom. The summed E-state index contributed by atoms with van der Waals surface area (Å²) in [7, 11) is 0. The quantitative estimate of drug-likeness (QED) is 0.630. The van der Waals surface area contributed by atoms with E-state index >= 15 is 0 Å². The Morgan fingerprint density at radius 3 is 2.53 bits per heavy atom. The molecule has 10 heteroatoms. The van der Waals surface area contributed by atoms with Gasteiger partial charge in [-0.15, -0.1) is 5.10 Å². The van der Waals surface area contributed by atoms with Gasteiger partial charge in [0.1, 0.15) is 0 Å². The number of alkyl halides is 3. The van der Waals surface area contributed by atoms with E-state index in [2.05, 4.69) is 10.3 Å². The molecule has 19 heavy (non-hydrogen) atoms. The van der Waals surface area contributed by atoms with Crippen molar-refractivity contribution < 1.29 is 18.1 Å². The van der Waals surface area contributed by atoms with Crippen LogP contribution in [0.5, 0.6) is 0 Å². The first kappa shape index (κ1) is 13.3. The standard InChI is InChI=1S/C9H4ClF3N4O2/c10-6-3-5(17(18)19)1-2-7(6)16-4-8(14-15-16)9(11,12)13/h1-4H. The van der Waals surface area contributed by atoms with Crippen molar-refractivity contribution in [3.05, 3.63) is 45.2 Å². The zero-order chi connectivity index (χ0) is 14.2. The minimum atomic E-state index is -4.62. The van der Waals surface area contributed by atoms with Crippen molar-refractivity contribution in [2.24, 2.45) is 0 Å². The lowest BCUT2D eigenvalue weighted by Crippen LogP contribution is -2.05. The second-order valence-corrected chi connectivity index (χ2v) is 3.85. The van der Waals surface area contributed by atoms with Crippen molar-refractivity contribution in [1.29, 1.82) is 0 Å².